The second kappa shape index (κ2) is 11.7. The minimum Gasteiger partial charge on any atom is -0.481 e. The average molecular weight is 461 g/mol. The van der Waals surface area contributed by atoms with Crippen molar-refractivity contribution in [2.45, 2.75) is 36.7 Å². The molecule has 2 aromatic carbocycles. The summed E-state index contributed by atoms with van der Waals surface area (Å²) in [5.74, 6) is 0.462. The van der Waals surface area contributed by atoms with Crippen LogP contribution in [0.15, 0.2) is 54.6 Å². The maximum Gasteiger partial charge on any atom is 0.313 e. The molecule has 0 bridgehead atoms. The van der Waals surface area contributed by atoms with E-state index in [0.29, 0.717) is 6.42 Å². The summed E-state index contributed by atoms with van der Waals surface area (Å²) in [6, 6.07) is 14.2. The molecule has 0 heterocycles. The fourth-order valence-electron chi connectivity index (χ4n) is 3.77. The number of hydrogen-bond acceptors (Lipinski definition) is 6. The number of ketones is 1. The first-order chi connectivity index (χ1) is 14.9. The van der Waals surface area contributed by atoms with Crippen molar-refractivity contribution in [2.75, 3.05) is 17.3 Å². The zero-order chi connectivity index (χ0) is 22.2. The van der Waals surface area contributed by atoms with E-state index in [1.54, 1.807) is 12.2 Å². The Morgan fingerprint density at radius 1 is 1.16 bits per heavy atom. The molecule has 0 amide bonds. The van der Waals surface area contributed by atoms with Gasteiger partial charge in [-0.25, -0.2) is 0 Å². The molecule has 1 unspecified atom stereocenters. The van der Waals surface area contributed by atoms with Crippen LogP contribution in [0.1, 0.15) is 18.4 Å². The summed E-state index contributed by atoms with van der Waals surface area (Å²) in [5.41, 5.74) is 1.03. The largest absolute Gasteiger partial charge is 0.481 e. The number of Topliss-reactive ketones (excluding diaryl/α,β-unsaturated/α-hetero) is 1. The molecule has 4 atom stereocenters. The lowest BCUT2D eigenvalue weighted by molar-refractivity contribution is -0.133. The number of carboxylic acid groups (broad SMARTS) is 1. The fraction of sp³-hybridized carbons (Fsp3) is 0.417. The van der Waals surface area contributed by atoms with Crippen LogP contribution in [-0.4, -0.2) is 61.8 Å². The SMILES string of the molecule is O=C(O)CSCCCS[C@H]1C(=O)C[C@@H](O)[C@@H]1C=CC(O)Cc1ccc2ccccc2c1. The number of hydrogen-bond donors (Lipinski definition) is 3. The van der Waals surface area contributed by atoms with Crippen molar-refractivity contribution >= 4 is 46.0 Å². The maximum atomic E-state index is 12.3. The van der Waals surface area contributed by atoms with Crippen LogP contribution in [0.25, 0.3) is 10.8 Å². The van der Waals surface area contributed by atoms with E-state index in [1.165, 1.54) is 23.5 Å². The van der Waals surface area contributed by atoms with Crippen LogP contribution >= 0.6 is 23.5 Å². The van der Waals surface area contributed by atoms with Gasteiger partial charge in [-0.05, 0) is 34.3 Å². The molecule has 5 nitrogen and oxygen atoms in total. The second-order valence-electron chi connectivity index (χ2n) is 7.74. The van der Waals surface area contributed by atoms with Gasteiger partial charge in [0.2, 0.25) is 0 Å². The topological polar surface area (TPSA) is 94.8 Å². The molecule has 3 rings (SSSR count). The normalized spacial score (nSPS) is 22.4. The minimum atomic E-state index is -0.820. The van der Waals surface area contributed by atoms with Gasteiger partial charge in [0.05, 0.1) is 23.2 Å². The van der Waals surface area contributed by atoms with Gasteiger partial charge < -0.3 is 15.3 Å². The van der Waals surface area contributed by atoms with Crippen molar-refractivity contribution in [3.8, 4) is 0 Å². The predicted octanol–water partition coefficient (Wildman–Crippen LogP) is 3.56. The quantitative estimate of drug-likeness (QED) is 0.349. The molecule has 1 saturated carbocycles. The molecule has 0 spiro atoms. The molecule has 0 radical (unpaired) electrons. The number of aliphatic hydroxyl groups excluding tert-OH is 2. The summed E-state index contributed by atoms with van der Waals surface area (Å²) >= 11 is 2.88. The molecule has 166 valence electrons. The van der Waals surface area contributed by atoms with Gasteiger partial charge >= 0.3 is 5.97 Å². The van der Waals surface area contributed by atoms with Crippen molar-refractivity contribution in [2.24, 2.45) is 5.92 Å². The van der Waals surface area contributed by atoms with Crippen LogP contribution in [0.5, 0.6) is 0 Å². The lowest BCUT2D eigenvalue weighted by Gasteiger charge is -2.17. The molecular formula is C24H28O5S2. The van der Waals surface area contributed by atoms with E-state index >= 15 is 0 Å². The van der Waals surface area contributed by atoms with E-state index in [2.05, 4.69) is 12.1 Å². The zero-order valence-electron chi connectivity index (χ0n) is 17.2. The number of rotatable bonds is 11. The molecule has 1 aliphatic carbocycles. The Bertz CT molecular complexity index is 929. The van der Waals surface area contributed by atoms with Crippen LogP contribution in [0.4, 0.5) is 0 Å². The zero-order valence-corrected chi connectivity index (χ0v) is 18.9. The van der Waals surface area contributed by atoms with Gasteiger partial charge in [0.1, 0.15) is 5.78 Å². The Morgan fingerprint density at radius 2 is 1.94 bits per heavy atom. The highest BCUT2D eigenvalue weighted by molar-refractivity contribution is 8.01. The van der Waals surface area contributed by atoms with Crippen LogP contribution in [-0.2, 0) is 16.0 Å². The van der Waals surface area contributed by atoms with Gasteiger partial charge in [0.25, 0.3) is 0 Å². The van der Waals surface area contributed by atoms with E-state index in [1.807, 2.05) is 30.3 Å². The highest BCUT2D eigenvalue weighted by atomic mass is 32.2. The minimum absolute atomic E-state index is 0.0364. The third-order valence-corrected chi connectivity index (χ3v) is 7.78. The first-order valence-electron chi connectivity index (χ1n) is 10.4. The van der Waals surface area contributed by atoms with Crippen molar-refractivity contribution < 1.29 is 24.9 Å². The van der Waals surface area contributed by atoms with Crippen molar-refractivity contribution in [1.82, 2.24) is 0 Å². The number of aliphatic carboxylic acids is 1. The van der Waals surface area contributed by atoms with E-state index in [9.17, 15) is 19.8 Å². The summed E-state index contributed by atoms with van der Waals surface area (Å²) in [7, 11) is 0. The number of benzene rings is 2. The van der Waals surface area contributed by atoms with E-state index in [4.69, 9.17) is 5.11 Å². The first-order valence-corrected chi connectivity index (χ1v) is 12.6. The Hall–Kier alpha value is -1.80. The van der Waals surface area contributed by atoms with Gasteiger partial charge in [-0.1, -0.05) is 54.6 Å². The molecule has 1 fully saturated rings. The molecule has 0 aromatic heterocycles. The van der Waals surface area contributed by atoms with Gasteiger partial charge in [-0.2, -0.15) is 11.8 Å². The average Bonchev–Trinajstić information content (AvgIpc) is 3.01. The maximum absolute atomic E-state index is 12.3. The Morgan fingerprint density at radius 3 is 2.71 bits per heavy atom. The van der Waals surface area contributed by atoms with E-state index in [-0.39, 0.29) is 29.1 Å². The highest BCUT2D eigenvalue weighted by Crippen LogP contribution is 2.34. The number of fused-ring (bicyclic) bond motifs is 1. The smallest absolute Gasteiger partial charge is 0.313 e. The lowest BCUT2D eigenvalue weighted by atomic mass is 10.0. The molecule has 0 aliphatic heterocycles. The standard InChI is InChI=1S/C24H28O5S2/c25-19(13-16-6-7-17-4-1-2-5-18(17)12-16)8-9-20-21(26)14-22(27)24(20)31-11-3-10-30-15-23(28)29/h1-2,4-9,12,19-21,24-26H,3,10-11,13-15H2,(H,28,29)/t19?,20-,21+,24+/m0/s1. The number of carboxylic acids is 1. The predicted molar refractivity (Wildman–Crippen MR) is 128 cm³/mol. The Balaban J connectivity index is 1.52. The molecule has 7 heteroatoms. The van der Waals surface area contributed by atoms with Crippen LogP contribution in [0.2, 0.25) is 0 Å². The summed E-state index contributed by atoms with van der Waals surface area (Å²) in [4.78, 5) is 22.8. The fourth-order valence-corrected chi connectivity index (χ4v) is 5.96. The van der Waals surface area contributed by atoms with Crippen LogP contribution < -0.4 is 0 Å². The number of aliphatic hydroxyl groups is 2. The highest BCUT2D eigenvalue weighted by Gasteiger charge is 2.40. The van der Waals surface area contributed by atoms with Gasteiger partial charge in [-0.15, -0.1) is 11.8 Å². The first kappa shape index (κ1) is 23.9. The second-order valence-corrected chi connectivity index (χ2v) is 10.1. The summed E-state index contributed by atoms with van der Waals surface area (Å²) in [5, 5.41) is 31.4. The van der Waals surface area contributed by atoms with E-state index < -0.39 is 18.2 Å². The van der Waals surface area contributed by atoms with Crippen molar-refractivity contribution in [3.63, 3.8) is 0 Å². The van der Waals surface area contributed by atoms with Gasteiger partial charge in [-0.3, -0.25) is 9.59 Å². The van der Waals surface area contributed by atoms with Crippen LogP contribution in [0, 0.1) is 5.92 Å². The third kappa shape index (κ3) is 7.10. The molecule has 2 aromatic rings. The summed E-state index contributed by atoms with van der Waals surface area (Å²) in [6.45, 7) is 0. The molecular weight excluding hydrogens is 432 g/mol. The molecule has 31 heavy (non-hydrogen) atoms. The van der Waals surface area contributed by atoms with Gasteiger partial charge in [0, 0.05) is 18.8 Å². The summed E-state index contributed by atoms with van der Waals surface area (Å²) < 4.78 is 0. The Kier molecular flexibility index (Phi) is 9.02. The summed E-state index contributed by atoms with van der Waals surface area (Å²) in [6.07, 6.45) is 3.48. The van der Waals surface area contributed by atoms with Crippen molar-refractivity contribution in [3.05, 3.63) is 60.2 Å². The third-order valence-electron chi connectivity index (χ3n) is 5.29. The number of thioether (sulfide) groups is 2. The lowest BCUT2D eigenvalue weighted by Crippen LogP contribution is -2.22. The molecule has 0 saturated heterocycles. The molecule has 3 N–H and O–H groups in total. The van der Waals surface area contributed by atoms with Gasteiger partial charge in [0.15, 0.2) is 0 Å². The molecule has 1 aliphatic rings. The number of carbonyl (C=O) groups is 2. The van der Waals surface area contributed by atoms with E-state index in [0.717, 1.165) is 34.3 Å². The monoisotopic (exact) mass is 460 g/mol. The number of carbonyl (C=O) groups excluding carboxylic acids is 1. The Labute approximate surface area is 190 Å². The van der Waals surface area contributed by atoms with Crippen molar-refractivity contribution in [1.29, 1.82) is 0 Å². The van der Waals surface area contributed by atoms with Crippen LogP contribution in [0.3, 0.4) is 0 Å².